The van der Waals surface area contributed by atoms with Gasteiger partial charge in [-0.15, -0.1) is 0 Å². The van der Waals surface area contributed by atoms with Gasteiger partial charge in [0.25, 0.3) is 5.56 Å². The molecule has 4 rings (SSSR count). The van der Waals surface area contributed by atoms with Crippen molar-refractivity contribution < 1.29 is 9.13 Å². The minimum absolute atomic E-state index is 0.0946. The lowest BCUT2D eigenvalue weighted by Gasteiger charge is -2.14. The number of aromatic nitrogens is 3. The van der Waals surface area contributed by atoms with Crippen LogP contribution in [0.15, 0.2) is 76.4 Å². The Morgan fingerprint density at radius 2 is 1.69 bits per heavy atom. The molecular weight excluding hydrogens is 373 g/mol. The van der Waals surface area contributed by atoms with Gasteiger partial charge < -0.3 is 4.74 Å². The van der Waals surface area contributed by atoms with Crippen LogP contribution in [0.25, 0.3) is 11.0 Å². The zero-order chi connectivity index (χ0) is 20.4. The van der Waals surface area contributed by atoms with Crippen LogP contribution in [0, 0.1) is 5.82 Å². The number of nitrogens with zero attached hydrogens (tertiary/aromatic N) is 3. The Kier molecular flexibility index (Phi) is 4.95. The first kappa shape index (κ1) is 18.6. The van der Waals surface area contributed by atoms with Crippen LogP contribution in [0.2, 0.25) is 0 Å². The molecule has 146 valence electrons. The Hall–Kier alpha value is -3.74. The van der Waals surface area contributed by atoms with Crippen molar-refractivity contribution in [1.82, 2.24) is 14.1 Å². The lowest BCUT2D eigenvalue weighted by atomic mass is 10.2. The van der Waals surface area contributed by atoms with Gasteiger partial charge in [0.05, 0.1) is 25.7 Å². The summed E-state index contributed by atoms with van der Waals surface area (Å²) >= 11 is 0. The van der Waals surface area contributed by atoms with Gasteiger partial charge in [-0.05, 0) is 47.5 Å². The summed E-state index contributed by atoms with van der Waals surface area (Å²) in [6.07, 6.45) is 1.51. The molecule has 0 unspecified atom stereocenters. The Morgan fingerprint density at radius 3 is 2.41 bits per heavy atom. The van der Waals surface area contributed by atoms with Crippen molar-refractivity contribution in [1.29, 1.82) is 0 Å². The number of methoxy groups -OCH3 is 1. The van der Waals surface area contributed by atoms with Crippen LogP contribution in [-0.4, -0.2) is 21.2 Å². The van der Waals surface area contributed by atoms with Crippen LogP contribution in [-0.2, 0) is 13.1 Å². The Balaban J connectivity index is 1.86. The van der Waals surface area contributed by atoms with E-state index in [1.165, 1.54) is 22.9 Å². The number of rotatable bonds is 5. The molecule has 0 bridgehead atoms. The minimum atomic E-state index is -0.476. The van der Waals surface area contributed by atoms with E-state index in [2.05, 4.69) is 4.98 Å². The normalized spacial score (nSPS) is 11.0. The molecule has 0 saturated heterocycles. The van der Waals surface area contributed by atoms with Gasteiger partial charge >= 0.3 is 5.69 Å². The number of hydrogen-bond acceptors (Lipinski definition) is 4. The SMILES string of the molecule is COc1ccc(Cn2c(=O)c3ncccc3n(Cc3cccc(F)c3)c2=O)cc1. The van der Waals surface area contributed by atoms with Gasteiger partial charge in [-0.1, -0.05) is 24.3 Å². The highest BCUT2D eigenvalue weighted by Gasteiger charge is 2.15. The molecule has 0 spiro atoms. The number of ether oxygens (including phenoxy) is 1. The highest BCUT2D eigenvalue weighted by atomic mass is 19.1. The number of pyridine rings is 1. The summed E-state index contributed by atoms with van der Waals surface area (Å²) in [5.41, 5.74) is 1.06. The van der Waals surface area contributed by atoms with Gasteiger partial charge in [0.15, 0.2) is 5.52 Å². The van der Waals surface area contributed by atoms with E-state index in [4.69, 9.17) is 4.74 Å². The maximum absolute atomic E-state index is 13.6. The summed E-state index contributed by atoms with van der Waals surface area (Å²) in [5, 5.41) is 0. The average molecular weight is 391 g/mol. The summed E-state index contributed by atoms with van der Waals surface area (Å²) in [6, 6.07) is 16.5. The average Bonchev–Trinajstić information content (AvgIpc) is 2.75. The van der Waals surface area contributed by atoms with E-state index in [0.717, 1.165) is 10.1 Å². The quantitative estimate of drug-likeness (QED) is 0.525. The molecule has 0 aliphatic heterocycles. The summed E-state index contributed by atoms with van der Waals surface area (Å²) in [7, 11) is 1.57. The molecule has 2 aromatic heterocycles. The molecule has 2 aromatic carbocycles. The Bertz CT molecular complexity index is 1290. The second-order valence-electron chi connectivity index (χ2n) is 6.61. The summed E-state index contributed by atoms with van der Waals surface area (Å²) in [5.74, 6) is 0.300. The molecule has 0 amide bonds. The lowest BCUT2D eigenvalue weighted by Crippen LogP contribution is -2.40. The molecule has 0 N–H and O–H groups in total. The third-order valence-corrected chi connectivity index (χ3v) is 4.72. The van der Waals surface area contributed by atoms with Gasteiger partial charge in [0.2, 0.25) is 0 Å². The van der Waals surface area contributed by atoms with Crippen LogP contribution >= 0.6 is 0 Å². The van der Waals surface area contributed by atoms with Crippen molar-refractivity contribution in [3.05, 3.63) is 105 Å². The molecule has 2 heterocycles. The highest BCUT2D eigenvalue weighted by molar-refractivity contribution is 5.73. The largest absolute Gasteiger partial charge is 0.497 e. The first-order chi connectivity index (χ1) is 14.1. The zero-order valence-corrected chi connectivity index (χ0v) is 15.7. The van der Waals surface area contributed by atoms with Crippen molar-refractivity contribution in [2.24, 2.45) is 0 Å². The monoisotopic (exact) mass is 391 g/mol. The Morgan fingerprint density at radius 1 is 0.931 bits per heavy atom. The fourth-order valence-corrected chi connectivity index (χ4v) is 3.27. The zero-order valence-electron chi connectivity index (χ0n) is 15.7. The smallest absolute Gasteiger partial charge is 0.332 e. The van der Waals surface area contributed by atoms with Crippen molar-refractivity contribution in [2.45, 2.75) is 13.1 Å². The molecule has 7 heteroatoms. The number of benzene rings is 2. The molecule has 4 aromatic rings. The van der Waals surface area contributed by atoms with E-state index >= 15 is 0 Å². The van der Waals surface area contributed by atoms with E-state index in [-0.39, 0.29) is 24.4 Å². The van der Waals surface area contributed by atoms with Crippen LogP contribution < -0.4 is 16.0 Å². The molecule has 0 aliphatic rings. The molecule has 6 nitrogen and oxygen atoms in total. The van der Waals surface area contributed by atoms with E-state index < -0.39 is 11.2 Å². The highest BCUT2D eigenvalue weighted by Crippen LogP contribution is 2.13. The second-order valence-corrected chi connectivity index (χ2v) is 6.61. The molecule has 0 fully saturated rings. The molecule has 0 aliphatic carbocycles. The standard InChI is InChI=1S/C22H18FN3O3/c1-29-18-9-7-15(8-10-18)13-26-21(27)20-19(6-3-11-24-20)25(22(26)28)14-16-4-2-5-17(23)12-16/h2-12H,13-14H2,1H3. The third-order valence-electron chi connectivity index (χ3n) is 4.72. The fourth-order valence-electron chi connectivity index (χ4n) is 3.27. The second kappa shape index (κ2) is 7.71. The molecule has 29 heavy (non-hydrogen) atoms. The summed E-state index contributed by atoms with van der Waals surface area (Å²) in [6.45, 7) is 0.221. The van der Waals surface area contributed by atoms with Crippen molar-refractivity contribution in [3.8, 4) is 5.75 Å². The lowest BCUT2D eigenvalue weighted by molar-refractivity contribution is 0.414. The molecule has 0 atom stereocenters. The molecule has 0 radical (unpaired) electrons. The maximum Gasteiger partial charge on any atom is 0.332 e. The minimum Gasteiger partial charge on any atom is -0.497 e. The van der Waals surface area contributed by atoms with Crippen LogP contribution in [0.3, 0.4) is 0 Å². The van der Waals surface area contributed by atoms with Crippen molar-refractivity contribution in [2.75, 3.05) is 7.11 Å². The van der Waals surface area contributed by atoms with Crippen LogP contribution in [0.1, 0.15) is 11.1 Å². The summed E-state index contributed by atoms with van der Waals surface area (Å²) in [4.78, 5) is 30.3. The van der Waals surface area contributed by atoms with Gasteiger partial charge in [-0.25, -0.2) is 14.2 Å². The van der Waals surface area contributed by atoms with Crippen LogP contribution in [0.5, 0.6) is 5.75 Å². The van der Waals surface area contributed by atoms with E-state index in [1.807, 2.05) is 0 Å². The third kappa shape index (κ3) is 3.67. The predicted octanol–water partition coefficient (Wildman–Crippen LogP) is 2.80. The van der Waals surface area contributed by atoms with Gasteiger partial charge in [-0.3, -0.25) is 13.9 Å². The Labute approximate surface area is 165 Å². The van der Waals surface area contributed by atoms with E-state index in [1.54, 1.807) is 55.6 Å². The van der Waals surface area contributed by atoms with Crippen molar-refractivity contribution in [3.63, 3.8) is 0 Å². The first-order valence-corrected chi connectivity index (χ1v) is 9.02. The first-order valence-electron chi connectivity index (χ1n) is 9.02. The van der Waals surface area contributed by atoms with Gasteiger partial charge in [0.1, 0.15) is 11.6 Å². The topological polar surface area (TPSA) is 66.1 Å². The number of hydrogen-bond donors (Lipinski definition) is 0. The predicted molar refractivity (Wildman–Crippen MR) is 108 cm³/mol. The molecular formula is C22H18FN3O3. The number of halogens is 1. The van der Waals surface area contributed by atoms with Gasteiger partial charge in [-0.2, -0.15) is 0 Å². The van der Waals surface area contributed by atoms with Crippen molar-refractivity contribution >= 4 is 11.0 Å². The van der Waals surface area contributed by atoms with E-state index in [0.29, 0.717) is 16.8 Å². The van der Waals surface area contributed by atoms with Crippen LogP contribution in [0.4, 0.5) is 4.39 Å². The summed E-state index contributed by atoms with van der Waals surface area (Å²) < 4.78 is 21.4. The van der Waals surface area contributed by atoms with E-state index in [9.17, 15) is 14.0 Å². The van der Waals surface area contributed by atoms with Gasteiger partial charge in [0, 0.05) is 6.20 Å². The number of fused-ring (bicyclic) bond motifs is 1. The maximum atomic E-state index is 13.6. The molecule has 0 saturated carbocycles. The fraction of sp³-hybridized carbons (Fsp3) is 0.136.